The van der Waals surface area contributed by atoms with E-state index in [-0.39, 0.29) is 0 Å². The minimum Gasteiger partial charge on any atom is -0.386 e. The number of rotatable bonds is 3. The third-order valence-electron chi connectivity index (χ3n) is 5.55. The molecule has 2 atom stereocenters. The van der Waals surface area contributed by atoms with Gasteiger partial charge in [-0.25, -0.2) is 0 Å². The summed E-state index contributed by atoms with van der Waals surface area (Å²) in [5, 5.41) is 22.9. The molecule has 0 saturated carbocycles. The van der Waals surface area contributed by atoms with E-state index in [1.165, 1.54) is 0 Å². The van der Waals surface area contributed by atoms with Crippen LogP contribution in [0.25, 0.3) is 16.8 Å². The van der Waals surface area contributed by atoms with Crippen molar-refractivity contribution in [3.05, 3.63) is 120 Å². The minimum atomic E-state index is -0.996. The molecule has 29 heavy (non-hydrogen) atoms. The van der Waals surface area contributed by atoms with Gasteiger partial charge in [0.15, 0.2) is 5.54 Å². The highest BCUT2D eigenvalue weighted by Gasteiger charge is 2.44. The monoisotopic (exact) mass is 376 g/mol. The number of azo groups is 1. The summed E-state index contributed by atoms with van der Waals surface area (Å²) in [4.78, 5) is 0. The van der Waals surface area contributed by atoms with E-state index >= 15 is 0 Å². The van der Waals surface area contributed by atoms with Gasteiger partial charge in [-0.1, -0.05) is 103 Å². The number of benzene rings is 4. The normalized spacial score (nSPS) is 20.8. The van der Waals surface area contributed by atoms with Gasteiger partial charge in [-0.2, -0.15) is 10.2 Å². The molecule has 140 valence electrons. The fourth-order valence-corrected chi connectivity index (χ4v) is 4.10. The summed E-state index contributed by atoms with van der Waals surface area (Å²) in [6, 6.07) is 32.1. The molecule has 0 aliphatic heterocycles. The van der Waals surface area contributed by atoms with E-state index in [0.717, 1.165) is 33.2 Å². The zero-order valence-corrected chi connectivity index (χ0v) is 15.8. The first-order valence-electron chi connectivity index (χ1n) is 9.71. The van der Waals surface area contributed by atoms with Crippen LogP contribution in [0.3, 0.4) is 0 Å². The maximum atomic E-state index is 11.2. The van der Waals surface area contributed by atoms with E-state index in [1.807, 2.05) is 91.0 Å². The summed E-state index contributed by atoms with van der Waals surface area (Å²) in [5.41, 5.74) is 2.69. The molecule has 3 nitrogen and oxygen atoms in total. The zero-order chi connectivity index (χ0) is 19.7. The quantitative estimate of drug-likeness (QED) is 0.422. The molecule has 0 fully saturated rings. The maximum Gasteiger partial charge on any atom is 0.162 e. The first kappa shape index (κ1) is 17.5. The zero-order valence-electron chi connectivity index (χ0n) is 15.8. The summed E-state index contributed by atoms with van der Waals surface area (Å²) in [5.74, 6) is 0. The SMILES string of the molecule is OC1C=Cc2ccccc2C1(N=Nc1cccc2ccccc12)c1ccccc1. The second-order valence-electron chi connectivity index (χ2n) is 7.22. The van der Waals surface area contributed by atoms with Gasteiger partial charge in [0, 0.05) is 5.39 Å². The van der Waals surface area contributed by atoms with Crippen molar-refractivity contribution in [2.45, 2.75) is 11.6 Å². The van der Waals surface area contributed by atoms with Crippen LogP contribution in [0.4, 0.5) is 5.69 Å². The molecule has 4 aromatic rings. The van der Waals surface area contributed by atoms with E-state index in [9.17, 15) is 5.11 Å². The topological polar surface area (TPSA) is 45.0 Å². The van der Waals surface area contributed by atoms with Crippen molar-refractivity contribution in [1.29, 1.82) is 0 Å². The van der Waals surface area contributed by atoms with Crippen LogP contribution in [0.1, 0.15) is 16.7 Å². The fourth-order valence-electron chi connectivity index (χ4n) is 4.10. The molecular weight excluding hydrogens is 356 g/mol. The summed E-state index contributed by atoms with van der Waals surface area (Å²) in [6.45, 7) is 0. The van der Waals surface area contributed by atoms with E-state index in [4.69, 9.17) is 5.11 Å². The van der Waals surface area contributed by atoms with E-state index in [2.05, 4.69) is 17.2 Å². The van der Waals surface area contributed by atoms with Gasteiger partial charge in [0.2, 0.25) is 0 Å². The lowest BCUT2D eigenvalue weighted by molar-refractivity contribution is 0.145. The van der Waals surface area contributed by atoms with Gasteiger partial charge in [-0.05, 0) is 28.1 Å². The largest absolute Gasteiger partial charge is 0.386 e. The molecule has 0 aromatic heterocycles. The molecule has 0 radical (unpaired) electrons. The Morgan fingerprint density at radius 3 is 2.34 bits per heavy atom. The molecule has 0 spiro atoms. The van der Waals surface area contributed by atoms with Gasteiger partial charge < -0.3 is 5.11 Å². The van der Waals surface area contributed by atoms with Crippen molar-refractivity contribution in [3.63, 3.8) is 0 Å². The molecule has 0 saturated heterocycles. The fraction of sp³-hybridized carbons (Fsp3) is 0.0769. The Balaban J connectivity index is 1.74. The van der Waals surface area contributed by atoms with Crippen LogP contribution in [-0.4, -0.2) is 11.2 Å². The summed E-state index contributed by atoms with van der Waals surface area (Å²) >= 11 is 0. The molecule has 3 heteroatoms. The third kappa shape index (κ3) is 2.87. The molecule has 0 bridgehead atoms. The highest BCUT2D eigenvalue weighted by Crippen LogP contribution is 2.44. The lowest BCUT2D eigenvalue weighted by Crippen LogP contribution is -2.40. The summed E-state index contributed by atoms with van der Waals surface area (Å²) in [6.07, 6.45) is 2.94. The summed E-state index contributed by atoms with van der Waals surface area (Å²) < 4.78 is 0. The molecular formula is C26H20N2O. The molecule has 0 heterocycles. The Hall–Kier alpha value is -3.56. The van der Waals surface area contributed by atoms with Crippen LogP contribution in [0.15, 0.2) is 113 Å². The van der Waals surface area contributed by atoms with Crippen LogP contribution in [0.2, 0.25) is 0 Å². The second-order valence-corrected chi connectivity index (χ2v) is 7.22. The van der Waals surface area contributed by atoms with Gasteiger partial charge in [0.1, 0.15) is 6.10 Å². The van der Waals surface area contributed by atoms with Gasteiger partial charge in [-0.3, -0.25) is 0 Å². The van der Waals surface area contributed by atoms with Crippen molar-refractivity contribution < 1.29 is 5.11 Å². The first-order valence-corrected chi connectivity index (χ1v) is 9.71. The van der Waals surface area contributed by atoms with Crippen LogP contribution < -0.4 is 0 Å². The lowest BCUT2D eigenvalue weighted by atomic mass is 9.74. The van der Waals surface area contributed by atoms with Crippen molar-refractivity contribution in [2.75, 3.05) is 0 Å². The Kier molecular flexibility index (Phi) is 4.30. The van der Waals surface area contributed by atoms with Crippen LogP contribution in [0.5, 0.6) is 0 Å². The lowest BCUT2D eigenvalue weighted by Gasteiger charge is -2.36. The Morgan fingerprint density at radius 1 is 0.724 bits per heavy atom. The van der Waals surface area contributed by atoms with Crippen LogP contribution in [0, 0.1) is 0 Å². The number of hydrogen-bond acceptors (Lipinski definition) is 3. The molecule has 0 amide bonds. The van der Waals surface area contributed by atoms with Crippen LogP contribution >= 0.6 is 0 Å². The third-order valence-corrected chi connectivity index (χ3v) is 5.55. The number of fused-ring (bicyclic) bond motifs is 2. The number of aliphatic hydroxyl groups is 1. The van der Waals surface area contributed by atoms with Gasteiger partial charge in [-0.15, -0.1) is 0 Å². The average Bonchev–Trinajstić information content (AvgIpc) is 2.79. The highest BCUT2D eigenvalue weighted by atomic mass is 16.3. The predicted molar refractivity (Wildman–Crippen MR) is 117 cm³/mol. The average molecular weight is 376 g/mol. The van der Waals surface area contributed by atoms with Crippen molar-refractivity contribution in [3.8, 4) is 0 Å². The molecule has 1 aliphatic carbocycles. The number of nitrogens with zero attached hydrogens (tertiary/aromatic N) is 2. The highest BCUT2D eigenvalue weighted by molar-refractivity contribution is 5.92. The molecule has 1 N–H and O–H groups in total. The van der Waals surface area contributed by atoms with Crippen LogP contribution in [-0.2, 0) is 5.54 Å². The van der Waals surface area contributed by atoms with Crippen molar-refractivity contribution in [1.82, 2.24) is 0 Å². The van der Waals surface area contributed by atoms with Crippen molar-refractivity contribution >= 4 is 22.5 Å². The summed E-state index contributed by atoms with van der Waals surface area (Å²) in [7, 11) is 0. The molecule has 5 rings (SSSR count). The van der Waals surface area contributed by atoms with Gasteiger partial charge in [0.25, 0.3) is 0 Å². The van der Waals surface area contributed by atoms with E-state index in [0.29, 0.717) is 0 Å². The van der Waals surface area contributed by atoms with Gasteiger partial charge in [0.05, 0.1) is 5.69 Å². The molecule has 4 aromatic carbocycles. The smallest absolute Gasteiger partial charge is 0.162 e. The Bertz CT molecular complexity index is 1220. The molecule has 2 unspecified atom stereocenters. The number of aliphatic hydroxyl groups excluding tert-OH is 1. The second kappa shape index (κ2) is 7.12. The number of hydrogen-bond donors (Lipinski definition) is 1. The van der Waals surface area contributed by atoms with E-state index < -0.39 is 11.6 Å². The molecule has 1 aliphatic rings. The predicted octanol–water partition coefficient (Wildman–Crippen LogP) is 6.26. The Morgan fingerprint density at radius 2 is 1.45 bits per heavy atom. The van der Waals surface area contributed by atoms with E-state index in [1.54, 1.807) is 6.08 Å². The minimum absolute atomic E-state index is 0.789. The Labute approximate surface area is 169 Å². The first-order chi connectivity index (χ1) is 14.3. The maximum absolute atomic E-state index is 11.2. The van der Waals surface area contributed by atoms with Crippen molar-refractivity contribution in [2.24, 2.45) is 10.2 Å². The van der Waals surface area contributed by atoms with Gasteiger partial charge >= 0.3 is 0 Å². The standard InChI is InChI=1S/C26H20N2O/c29-25-18-17-20-10-5-7-15-23(20)26(25,21-12-2-1-3-13-21)28-27-24-16-8-11-19-9-4-6-14-22(19)24/h1-18,25,29H.